The van der Waals surface area contributed by atoms with E-state index in [1.807, 2.05) is 0 Å². The van der Waals surface area contributed by atoms with Crippen LogP contribution >= 0.6 is 0 Å². The standard InChI is InChI=1S/C19H22N2O5/c1-19(2,3)26-18(24)21-10-4-5-14(21)17(23)20-13-7-8-15-12(11-13)6-9-16(22)25-15/h6-9,11,14H,4-5,10H2,1-3H3,(H,20,23)/t14-/m0/s1. The fourth-order valence-corrected chi connectivity index (χ4v) is 2.95. The van der Waals surface area contributed by atoms with Crippen LogP contribution in [-0.2, 0) is 9.53 Å². The number of ether oxygens (including phenoxy) is 1. The molecule has 1 saturated heterocycles. The molecule has 1 atom stereocenters. The predicted molar refractivity (Wildman–Crippen MR) is 97.1 cm³/mol. The number of hydrogen-bond acceptors (Lipinski definition) is 5. The molecule has 1 N–H and O–H groups in total. The van der Waals surface area contributed by atoms with Gasteiger partial charge in [-0.1, -0.05) is 0 Å². The van der Waals surface area contributed by atoms with Crippen molar-refractivity contribution < 1.29 is 18.7 Å². The molecule has 26 heavy (non-hydrogen) atoms. The second-order valence-corrected chi connectivity index (χ2v) is 7.33. The van der Waals surface area contributed by atoms with Crippen LogP contribution in [0, 0.1) is 0 Å². The lowest BCUT2D eigenvalue weighted by molar-refractivity contribution is -0.120. The first-order valence-corrected chi connectivity index (χ1v) is 8.57. The van der Waals surface area contributed by atoms with Crippen LogP contribution in [0.2, 0.25) is 0 Å². The van der Waals surface area contributed by atoms with Crippen LogP contribution in [-0.4, -0.2) is 35.1 Å². The van der Waals surface area contributed by atoms with Gasteiger partial charge in [-0.05, 0) is 57.9 Å². The van der Waals surface area contributed by atoms with Gasteiger partial charge in [-0.25, -0.2) is 9.59 Å². The summed E-state index contributed by atoms with van der Waals surface area (Å²) < 4.78 is 10.5. The Morgan fingerprint density at radius 1 is 1.23 bits per heavy atom. The highest BCUT2D eigenvalue weighted by Crippen LogP contribution is 2.23. The molecule has 7 heteroatoms. The number of amides is 2. The summed E-state index contributed by atoms with van der Waals surface area (Å²) in [5.41, 5.74) is -0.00412. The molecule has 2 amide bonds. The molecule has 0 bridgehead atoms. The molecule has 0 aliphatic carbocycles. The summed E-state index contributed by atoms with van der Waals surface area (Å²) in [6.07, 6.45) is 0.865. The zero-order valence-corrected chi connectivity index (χ0v) is 15.1. The van der Waals surface area contributed by atoms with Crippen LogP contribution in [0.15, 0.2) is 39.5 Å². The maximum Gasteiger partial charge on any atom is 0.410 e. The van der Waals surface area contributed by atoms with Crippen molar-refractivity contribution in [3.05, 3.63) is 40.8 Å². The molecule has 1 aromatic heterocycles. The Bertz CT molecular complexity index is 897. The van der Waals surface area contributed by atoms with E-state index in [4.69, 9.17) is 9.15 Å². The van der Waals surface area contributed by atoms with Crippen LogP contribution in [0.1, 0.15) is 33.6 Å². The number of nitrogens with zero attached hydrogens (tertiary/aromatic N) is 1. The summed E-state index contributed by atoms with van der Waals surface area (Å²) >= 11 is 0. The minimum atomic E-state index is -0.608. The minimum absolute atomic E-state index is 0.259. The highest BCUT2D eigenvalue weighted by molar-refractivity contribution is 5.98. The SMILES string of the molecule is CC(C)(C)OC(=O)N1CCC[C@H]1C(=O)Nc1ccc2oc(=O)ccc2c1. The van der Waals surface area contributed by atoms with Gasteiger partial charge in [0.05, 0.1) is 0 Å². The van der Waals surface area contributed by atoms with Gasteiger partial charge in [0.2, 0.25) is 5.91 Å². The van der Waals surface area contributed by atoms with Crippen LogP contribution in [0.5, 0.6) is 0 Å². The summed E-state index contributed by atoms with van der Waals surface area (Å²) in [6, 6.07) is 7.43. The van der Waals surface area contributed by atoms with Crippen molar-refractivity contribution in [3.8, 4) is 0 Å². The van der Waals surface area contributed by atoms with Crippen LogP contribution in [0.4, 0.5) is 10.5 Å². The van der Waals surface area contributed by atoms with Gasteiger partial charge in [0.25, 0.3) is 0 Å². The van der Waals surface area contributed by atoms with Crippen LogP contribution < -0.4 is 10.9 Å². The third kappa shape index (κ3) is 4.04. The summed E-state index contributed by atoms with van der Waals surface area (Å²) in [6.45, 7) is 5.88. The number of anilines is 1. The Morgan fingerprint density at radius 2 is 2.00 bits per heavy atom. The topological polar surface area (TPSA) is 88.8 Å². The molecule has 0 saturated carbocycles. The van der Waals surface area contributed by atoms with Crippen molar-refractivity contribution in [1.82, 2.24) is 4.90 Å². The lowest BCUT2D eigenvalue weighted by atomic mass is 10.1. The molecule has 1 aromatic carbocycles. The molecule has 0 unspecified atom stereocenters. The number of carbonyl (C=O) groups is 2. The largest absolute Gasteiger partial charge is 0.444 e. The van der Waals surface area contributed by atoms with Crippen molar-refractivity contribution >= 4 is 28.7 Å². The molecule has 0 spiro atoms. The average molecular weight is 358 g/mol. The van der Waals surface area contributed by atoms with Crippen molar-refractivity contribution in [2.75, 3.05) is 11.9 Å². The van der Waals surface area contributed by atoms with Crippen molar-refractivity contribution in [2.24, 2.45) is 0 Å². The van der Waals surface area contributed by atoms with E-state index in [1.165, 1.54) is 11.0 Å². The lowest BCUT2D eigenvalue weighted by Gasteiger charge is -2.28. The van der Waals surface area contributed by atoms with E-state index in [1.54, 1.807) is 45.0 Å². The summed E-state index contributed by atoms with van der Waals surface area (Å²) in [5.74, 6) is -0.259. The van der Waals surface area contributed by atoms with Gasteiger partial charge >= 0.3 is 11.7 Å². The normalized spacial score (nSPS) is 17.3. The molecule has 0 radical (unpaired) electrons. The van der Waals surface area contributed by atoms with Gasteiger partial charge < -0.3 is 14.5 Å². The van der Waals surface area contributed by atoms with Crippen LogP contribution in [0.25, 0.3) is 11.0 Å². The number of fused-ring (bicyclic) bond motifs is 1. The van der Waals surface area contributed by atoms with Gasteiger partial charge in [-0.3, -0.25) is 9.69 Å². The highest BCUT2D eigenvalue weighted by Gasteiger charge is 2.36. The predicted octanol–water partition coefficient (Wildman–Crippen LogP) is 3.13. The molecule has 2 aromatic rings. The third-order valence-corrected chi connectivity index (χ3v) is 4.07. The smallest absolute Gasteiger partial charge is 0.410 e. The van der Waals surface area contributed by atoms with Crippen molar-refractivity contribution in [1.29, 1.82) is 0 Å². The summed E-state index contributed by atoms with van der Waals surface area (Å²) in [7, 11) is 0. The van der Waals surface area contributed by atoms with Crippen molar-refractivity contribution in [2.45, 2.75) is 45.3 Å². The molecule has 138 valence electrons. The molecular formula is C19H22N2O5. The highest BCUT2D eigenvalue weighted by atomic mass is 16.6. The van der Waals surface area contributed by atoms with E-state index < -0.39 is 23.4 Å². The molecule has 2 heterocycles. The summed E-state index contributed by atoms with van der Waals surface area (Å²) in [4.78, 5) is 37.7. The van der Waals surface area contributed by atoms with Gasteiger partial charge in [0.15, 0.2) is 0 Å². The number of rotatable bonds is 2. The zero-order chi connectivity index (χ0) is 18.9. The van der Waals surface area contributed by atoms with Gasteiger partial charge in [0.1, 0.15) is 17.2 Å². The van der Waals surface area contributed by atoms with Crippen molar-refractivity contribution in [3.63, 3.8) is 0 Å². The number of benzene rings is 1. The fraction of sp³-hybridized carbons (Fsp3) is 0.421. The Balaban J connectivity index is 1.73. The number of hydrogen-bond donors (Lipinski definition) is 1. The molecule has 1 aliphatic heterocycles. The number of nitrogens with one attached hydrogen (secondary N) is 1. The monoisotopic (exact) mass is 358 g/mol. The first-order valence-electron chi connectivity index (χ1n) is 8.57. The Labute approximate surface area is 150 Å². The Morgan fingerprint density at radius 3 is 2.73 bits per heavy atom. The number of likely N-dealkylation sites (tertiary alicyclic amines) is 1. The molecule has 1 aliphatic rings. The molecule has 7 nitrogen and oxygen atoms in total. The fourth-order valence-electron chi connectivity index (χ4n) is 2.95. The van der Waals surface area contributed by atoms with Gasteiger partial charge in [0, 0.05) is 23.7 Å². The second-order valence-electron chi connectivity index (χ2n) is 7.33. The van der Waals surface area contributed by atoms with Crippen LogP contribution in [0.3, 0.4) is 0 Å². The minimum Gasteiger partial charge on any atom is -0.444 e. The van der Waals surface area contributed by atoms with E-state index in [-0.39, 0.29) is 5.91 Å². The van der Waals surface area contributed by atoms with Gasteiger partial charge in [-0.2, -0.15) is 0 Å². The Hall–Kier alpha value is -2.83. The quantitative estimate of drug-likeness (QED) is 0.833. The molecule has 1 fully saturated rings. The lowest BCUT2D eigenvalue weighted by Crippen LogP contribution is -2.45. The third-order valence-electron chi connectivity index (χ3n) is 4.07. The maximum absolute atomic E-state index is 12.7. The first kappa shape index (κ1) is 18.0. The number of carbonyl (C=O) groups excluding carboxylic acids is 2. The van der Waals surface area contributed by atoms with E-state index >= 15 is 0 Å². The van der Waals surface area contributed by atoms with E-state index in [0.717, 1.165) is 6.42 Å². The van der Waals surface area contributed by atoms with E-state index in [2.05, 4.69) is 5.32 Å². The van der Waals surface area contributed by atoms with E-state index in [0.29, 0.717) is 29.6 Å². The maximum atomic E-state index is 12.7. The zero-order valence-electron chi connectivity index (χ0n) is 15.1. The van der Waals surface area contributed by atoms with E-state index in [9.17, 15) is 14.4 Å². The molecule has 3 rings (SSSR count). The van der Waals surface area contributed by atoms with Gasteiger partial charge in [-0.15, -0.1) is 0 Å². The molecular weight excluding hydrogens is 336 g/mol. The summed E-state index contributed by atoms with van der Waals surface area (Å²) in [5, 5.41) is 3.54. The Kier molecular flexibility index (Phi) is 4.71. The average Bonchev–Trinajstić information content (AvgIpc) is 3.03. The first-order chi connectivity index (χ1) is 12.2. The second kappa shape index (κ2) is 6.82.